The Morgan fingerprint density at radius 2 is 2.14 bits per heavy atom. The van der Waals surface area contributed by atoms with Crippen LogP contribution in [0.2, 0.25) is 10.0 Å². The SMILES string of the molecule is CCOC(=O)C1(C)CC(C(=O)O)=NN1c1ccc(Cl)cc1Cl. The molecule has 0 saturated carbocycles. The number of ether oxygens (including phenoxy) is 1. The second-order valence-electron chi connectivity index (χ2n) is 4.93. The third-order valence-corrected chi connectivity index (χ3v) is 3.84. The van der Waals surface area contributed by atoms with Gasteiger partial charge >= 0.3 is 11.9 Å². The zero-order chi connectivity index (χ0) is 16.5. The van der Waals surface area contributed by atoms with Gasteiger partial charge in [0.05, 0.1) is 17.3 Å². The summed E-state index contributed by atoms with van der Waals surface area (Å²) in [6, 6.07) is 4.66. The number of hydrogen-bond donors (Lipinski definition) is 1. The molecule has 2 rings (SSSR count). The van der Waals surface area contributed by atoms with Crippen molar-refractivity contribution in [2.45, 2.75) is 25.8 Å². The summed E-state index contributed by atoms with van der Waals surface area (Å²) < 4.78 is 5.06. The minimum Gasteiger partial charge on any atom is -0.477 e. The van der Waals surface area contributed by atoms with Crippen LogP contribution in [0.4, 0.5) is 5.69 Å². The third-order valence-electron chi connectivity index (χ3n) is 3.30. The van der Waals surface area contributed by atoms with Crippen LogP contribution in [-0.2, 0) is 14.3 Å². The highest BCUT2D eigenvalue weighted by atomic mass is 35.5. The Morgan fingerprint density at radius 3 is 2.68 bits per heavy atom. The molecule has 0 saturated heterocycles. The number of esters is 1. The van der Waals surface area contributed by atoms with Gasteiger partial charge in [0.2, 0.25) is 0 Å². The largest absolute Gasteiger partial charge is 0.477 e. The number of rotatable bonds is 4. The van der Waals surface area contributed by atoms with E-state index in [-0.39, 0.29) is 23.8 Å². The smallest absolute Gasteiger partial charge is 0.352 e. The van der Waals surface area contributed by atoms with Crippen LogP contribution in [0.3, 0.4) is 0 Å². The number of benzene rings is 1. The van der Waals surface area contributed by atoms with Crippen LogP contribution in [0, 0.1) is 0 Å². The number of carboxylic acids is 1. The van der Waals surface area contributed by atoms with Gasteiger partial charge in [0.15, 0.2) is 5.54 Å². The van der Waals surface area contributed by atoms with E-state index >= 15 is 0 Å². The van der Waals surface area contributed by atoms with Gasteiger partial charge in [-0.15, -0.1) is 0 Å². The van der Waals surface area contributed by atoms with Gasteiger partial charge in [0.1, 0.15) is 5.71 Å². The molecule has 6 nitrogen and oxygen atoms in total. The molecule has 1 aliphatic heterocycles. The fourth-order valence-corrected chi connectivity index (χ4v) is 2.69. The summed E-state index contributed by atoms with van der Waals surface area (Å²) >= 11 is 12.0. The Hall–Kier alpha value is -1.79. The molecule has 118 valence electrons. The van der Waals surface area contributed by atoms with Crippen LogP contribution in [0.15, 0.2) is 23.3 Å². The maximum absolute atomic E-state index is 12.3. The van der Waals surface area contributed by atoms with Crippen molar-refractivity contribution in [1.82, 2.24) is 0 Å². The maximum Gasteiger partial charge on any atom is 0.352 e. The highest BCUT2D eigenvalue weighted by Gasteiger charge is 2.49. The van der Waals surface area contributed by atoms with Crippen LogP contribution in [-0.4, -0.2) is 34.9 Å². The van der Waals surface area contributed by atoms with Crippen molar-refractivity contribution < 1.29 is 19.4 Å². The molecular formula is C14H14Cl2N2O4. The molecule has 1 aromatic carbocycles. The minimum atomic E-state index is -1.28. The first-order chi connectivity index (χ1) is 10.3. The second kappa shape index (κ2) is 6.14. The molecule has 0 bridgehead atoms. The van der Waals surface area contributed by atoms with Gasteiger partial charge in [0.25, 0.3) is 0 Å². The van der Waals surface area contributed by atoms with Gasteiger partial charge in [-0.25, -0.2) is 14.6 Å². The van der Waals surface area contributed by atoms with Crippen LogP contribution >= 0.6 is 23.2 Å². The van der Waals surface area contributed by atoms with Gasteiger partial charge in [-0.1, -0.05) is 23.2 Å². The summed E-state index contributed by atoms with van der Waals surface area (Å²) in [5.74, 6) is -1.76. The van der Waals surface area contributed by atoms with Crippen LogP contribution in [0.1, 0.15) is 20.3 Å². The lowest BCUT2D eigenvalue weighted by atomic mass is 9.95. The summed E-state index contributed by atoms with van der Waals surface area (Å²) in [4.78, 5) is 23.5. The number of carbonyl (C=O) groups is 2. The summed E-state index contributed by atoms with van der Waals surface area (Å²) in [6.45, 7) is 3.42. The Kier molecular flexibility index (Phi) is 4.63. The first-order valence-corrected chi connectivity index (χ1v) is 7.28. The Balaban J connectivity index is 2.51. The normalized spacial score (nSPS) is 20.7. The molecule has 0 aliphatic carbocycles. The van der Waals surface area contributed by atoms with Crippen molar-refractivity contribution in [2.24, 2.45) is 5.10 Å². The average molecular weight is 345 g/mol. The molecule has 0 amide bonds. The number of anilines is 1. The zero-order valence-corrected chi connectivity index (χ0v) is 13.5. The zero-order valence-electron chi connectivity index (χ0n) is 12.0. The van der Waals surface area contributed by atoms with E-state index in [0.29, 0.717) is 10.7 Å². The van der Waals surface area contributed by atoms with E-state index in [9.17, 15) is 14.7 Å². The van der Waals surface area contributed by atoms with Crippen molar-refractivity contribution in [2.75, 3.05) is 11.6 Å². The topological polar surface area (TPSA) is 79.2 Å². The minimum absolute atomic E-state index is 0.0832. The van der Waals surface area contributed by atoms with Crippen LogP contribution < -0.4 is 5.01 Å². The monoisotopic (exact) mass is 344 g/mol. The molecule has 1 heterocycles. The van der Waals surface area contributed by atoms with Crippen molar-refractivity contribution in [3.05, 3.63) is 28.2 Å². The molecule has 0 spiro atoms. The maximum atomic E-state index is 12.3. The number of nitrogens with zero attached hydrogens (tertiary/aromatic N) is 2. The van der Waals surface area contributed by atoms with E-state index in [1.54, 1.807) is 26.0 Å². The highest BCUT2D eigenvalue weighted by molar-refractivity contribution is 6.38. The van der Waals surface area contributed by atoms with E-state index in [4.69, 9.17) is 27.9 Å². The predicted octanol–water partition coefficient (Wildman–Crippen LogP) is 2.97. The van der Waals surface area contributed by atoms with Gasteiger partial charge < -0.3 is 9.84 Å². The van der Waals surface area contributed by atoms with E-state index in [1.807, 2.05) is 0 Å². The second-order valence-corrected chi connectivity index (χ2v) is 5.77. The fourth-order valence-electron chi connectivity index (χ4n) is 2.20. The first kappa shape index (κ1) is 16.6. The highest BCUT2D eigenvalue weighted by Crippen LogP contribution is 2.38. The predicted molar refractivity (Wildman–Crippen MR) is 83.7 cm³/mol. The Bertz CT molecular complexity index is 662. The van der Waals surface area contributed by atoms with E-state index in [1.165, 1.54) is 11.1 Å². The van der Waals surface area contributed by atoms with E-state index < -0.39 is 17.5 Å². The van der Waals surface area contributed by atoms with Gasteiger partial charge in [-0.3, -0.25) is 0 Å². The van der Waals surface area contributed by atoms with Crippen LogP contribution in [0.25, 0.3) is 0 Å². The molecule has 1 aromatic rings. The number of halogens is 2. The van der Waals surface area contributed by atoms with E-state index in [0.717, 1.165) is 0 Å². The molecular weight excluding hydrogens is 331 g/mol. The summed E-state index contributed by atoms with van der Waals surface area (Å²) in [5.41, 5.74) is -1.03. The number of carbonyl (C=O) groups excluding carboxylic acids is 1. The molecule has 0 fully saturated rings. The standard InChI is InChI=1S/C14H14Cl2N2O4/c1-3-22-13(21)14(2)7-10(12(19)20)17-18(14)11-5-4-8(15)6-9(11)16/h4-6H,3,7H2,1-2H3,(H,19,20). The lowest BCUT2D eigenvalue weighted by Gasteiger charge is -2.32. The lowest BCUT2D eigenvalue weighted by molar-refractivity contribution is -0.148. The number of aliphatic carboxylic acids is 1. The Labute approximate surface area is 137 Å². The Morgan fingerprint density at radius 1 is 1.45 bits per heavy atom. The number of hydrogen-bond acceptors (Lipinski definition) is 5. The van der Waals surface area contributed by atoms with Crippen molar-refractivity contribution in [3.8, 4) is 0 Å². The van der Waals surface area contributed by atoms with Crippen molar-refractivity contribution in [1.29, 1.82) is 0 Å². The van der Waals surface area contributed by atoms with Gasteiger partial charge in [-0.2, -0.15) is 5.10 Å². The van der Waals surface area contributed by atoms with Gasteiger partial charge in [-0.05, 0) is 32.0 Å². The average Bonchev–Trinajstić information content (AvgIpc) is 2.79. The van der Waals surface area contributed by atoms with E-state index in [2.05, 4.69) is 5.10 Å². The first-order valence-electron chi connectivity index (χ1n) is 6.53. The molecule has 8 heteroatoms. The fraction of sp³-hybridized carbons (Fsp3) is 0.357. The number of carboxylic acid groups (broad SMARTS) is 1. The molecule has 1 unspecified atom stereocenters. The summed E-state index contributed by atoms with van der Waals surface area (Å²) in [6.07, 6.45) is -0.0832. The summed E-state index contributed by atoms with van der Waals surface area (Å²) in [5, 5.41) is 15.2. The van der Waals surface area contributed by atoms with Crippen molar-refractivity contribution >= 4 is 46.5 Å². The molecule has 0 radical (unpaired) electrons. The quantitative estimate of drug-likeness (QED) is 0.849. The summed E-state index contributed by atoms with van der Waals surface area (Å²) in [7, 11) is 0. The molecule has 1 atom stereocenters. The number of hydrazone groups is 1. The molecule has 22 heavy (non-hydrogen) atoms. The van der Waals surface area contributed by atoms with Gasteiger partial charge in [0, 0.05) is 11.4 Å². The third kappa shape index (κ3) is 2.89. The lowest BCUT2D eigenvalue weighted by Crippen LogP contribution is -2.48. The van der Waals surface area contributed by atoms with Crippen molar-refractivity contribution in [3.63, 3.8) is 0 Å². The molecule has 0 aromatic heterocycles. The molecule has 1 aliphatic rings. The molecule has 1 N–H and O–H groups in total. The van der Waals surface area contributed by atoms with Crippen LogP contribution in [0.5, 0.6) is 0 Å².